The lowest BCUT2D eigenvalue weighted by Crippen LogP contribution is -2.18. The smallest absolute Gasteiger partial charge is 0.271 e. The predicted octanol–water partition coefficient (Wildman–Crippen LogP) is 3.52. The largest absolute Gasteiger partial charge is 0.497 e. The molecule has 0 aromatic heterocycles. The Morgan fingerprint density at radius 3 is 2.52 bits per heavy atom. The second-order valence-corrected chi connectivity index (χ2v) is 5.95. The summed E-state index contributed by atoms with van der Waals surface area (Å²) in [6, 6.07) is 18.2. The number of amides is 1. The third-order valence-corrected chi connectivity index (χ3v) is 4.20. The van der Waals surface area contributed by atoms with Crippen LogP contribution in [-0.2, 0) is 0 Å². The van der Waals surface area contributed by atoms with E-state index in [0.717, 1.165) is 10.8 Å². The average molecular weight is 389 g/mol. The molecule has 0 saturated carbocycles. The molecule has 146 valence electrons. The first-order valence-electron chi connectivity index (χ1n) is 8.74. The minimum absolute atomic E-state index is 0.0882. The highest BCUT2D eigenvalue weighted by atomic mass is 16.5. The van der Waals surface area contributed by atoms with E-state index in [-0.39, 0.29) is 6.61 Å². The molecule has 0 atom stereocenters. The quantitative estimate of drug-likeness (QED) is 0.493. The third-order valence-electron chi connectivity index (χ3n) is 4.20. The molecule has 1 amide bonds. The number of fused-ring (bicyclic) bond motifs is 1. The maximum atomic E-state index is 12.5. The molecule has 7 heteroatoms. The van der Waals surface area contributed by atoms with Crippen molar-refractivity contribution in [1.82, 2.24) is 5.43 Å². The van der Waals surface area contributed by atoms with Crippen molar-refractivity contribution >= 4 is 22.9 Å². The van der Waals surface area contributed by atoms with E-state index in [9.17, 15) is 4.79 Å². The van der Waals surface area contributed by atoms with Crippen molar-refractivity contribution in [2.75, 3.05) is 20.8 Å². The van der Waals surface area contributed by atoms with Crippen LogP contribution in [0, 0.1) is 11.3 Å². The number of benzene rings is 3. The van der Waals surface area contributed by atoms with Crippen molar-refractivity contribution < 1.29 is 19.0 Å². The Morgan fingerprint density at radius 2 is 1.83 bits per heavy atom. The van der Waals surface area contributed by atoms with Gasteiger partial charge in [0.05, 0.1) is 20.4 Å². The van der Waals surface area contributed by atoms with E-state index in [1.54, 1.807) is 24.3 Å². The molecule has 0 heterocycles. The summed E-state index contributed by atoms with van der Waals surface area (Å²) >= 11 is 0. The van der Waals surface area contributed by atoms with Gasteiger partial charge in [0.15, 0.2) is 6.61 Å². The van der Waals surface area contributed by atoms with Crippen LogP contribution in [0.15, 0.2) is 59.7 Å². The lowest BCUT2D eigenvalue weighted by Gasteiger charge is -2.10. The molecule has 0 aliphatic heterocycles. The second kappa shape index (κ2) is 9.24. The molecule has 0 unspecified atom stereocenters. The van der Waals surface area contributed by atoms with E-state index in [0.29, 0.717) is 28.4 Å². The fourth-order valence-electron chi connectivity index (χ4n) is 2.80. The zero-order valence-electron chi connectivity index (χ0n) is 16.0. The number of carbonyl (C=O) groups is 1. The van der Waals surface area contributed by atoms with E-state index in [4.69, 9.17) is 19.5 Å². The van der Waals surface area contributed by atoms with Gasteiger partial charge >= 0.3 is 0 Å². The van der Waals surface area contributed by atoms with Crippen molar-refractivity contribution in [3.63, 3.8) is 0 Å². The fourth-order valence-corrected chi connectivity index (χ4v) is 2.80. The molecular formula is C22H19N3O4. The van der Waals surface area contributed by atoms with E-state index in [1.165, 1.54) is 20.4 Å². The van der Waals surface area contributed by atoms with Crippen LogP contribution in [0.5, 0.6) is 17.2 Å². The number of methoxy groups -OCH3 is 2. The number of hydrogen-bond acceptors (Lipinski definition) is 6. The molecule has 3 aromatic carbocycles. The van der Waals surface area contributed by atoms with E-state index in [2.05, 4.69) is 10.5 Å². The molecule has 3 aromatic rings. The molecular weight excluding hydrogens is 370 g/mol. The number of hydrogen-bond donors (Lipinski definition) is 1. The van der Waals surface area contributed by atoms with Gasteiger partial charge in [-0.25, -0.2) is 5.43 Å². The van der Waals surface area contributed by atoms with Gasteiger partial charge in [0.1, 0.15) is 23.3 Å². The molecule has 29 heavy (non-hydrogen) atoms. The topological polar surface area (TPSA) is 92.9 Å². The summed E-state index contributed by atoms with van der Waals surface area (Å²) < 4.78 is 15.9. The molecule has 0 saturated heterocycles. The maximum absolute atomic E-state index is 12.5. The third kappa shape index (κ3) is 4.62. The van der Waals surface area contributed by atoms with Crippen LogP contribution in [0.4, 0.5) is 0 Å². The van der Waals surface area contributed by atoms with E-state index in [1.807, 2.05) is 36.4 Å². The van der Waals surface area contributed by atoms with Crippen LogP contribution in [0.3, 0.4) is 0 Å². The highest BCUT2D eigenvalue weighted by Crippen LogP contribution is 2.27. The Kier molecular flexibility index (Phi) is 6.28. The van der Waals surface area contributed by atoms with Gasteiger partial charge < -0.3 is 14.2 Å². The Morgan fingerprint density at radius 1 is 1.10 bits per heavy atom. The Labute approximate surface area is 168 Å². The number of hydrazone groups is 1. The van der Waals surface area contributed by atoms with E-state index < -0.39 is 5.91 Å². The average Bonchev–Trinajstić information content (AvgIpc) is 2.77. The van der Waals surface area contributed by atoms with Crippen LogP contribution >= 0.6 is 0 Å². The Bertz CT molecular complexity index is 1080. The van der Waals surface area contributed by atoms with Crippen molar-refractivity contribution in [3.8, 4) is 23.3 Å². The highest BCUT2D eigenvalue weighted by Gasteiger charge is 2.10. The highest BCUT2D eigenvalue weighted by molar-refractivity contribution is 6.03. The second-order valence-electron chi connectivity index (χ2n) is 5.95. The molecule has 1 N–H and O–H groups in total. The number of ether oxygens (including phenoxy) is 3. The van der Waals surface area contributed by atoms with Gasteiger partial charge in [0, 0.05) is 17.2 Å². The zero-order chi connectivity index (χ0) is 20.6. The van der Waals surface area contributed by atoms with Crippen molar-refractivity contribution in [2.45, 2.75) is 0 Å². The summed E-state index contributed by atoms with van der Waals surface area (Å²) in [6.07, 6.45) is 1.50. The van der Waals surface area contributed by atoms with Crippen LogP contribution in [0.25, 0.3) is 10.8 Å². The van der Waals surface area contributed by atoms with E-state index >= 15 is 0 Å². The van der Waals surface area contributed by atoms with Crippen molar-refractivity contribution in [3.05, 3.63) is 65.7 Å². The monoisotopic (exact) mass is 389 g/mol. The van der Waals surface area contributed by atoms with Gasteiger partial charge in [-0.2, -0.15) is 10.4 Å². The Balaban J connectivity index is 1.87. The maximum Gasteiger partial charge on any atom is 0.271 e. The van der Waals surface area contributed by atoms with Gasteiger partial charge in [-0.15, -0.1) is 0 Å². The Hall–Kier alpha value is -4.05. The minimum atomic E-state index is -0.418. The predicted molar refractivity (Wildman–Crippen MR) is 110 cm³/mol. The SMILES string of the molecule is COc1cc(OC)cc(C(=O)NN=Cc2c(OCC#N)ccc3ccccc23)c1. The number of nitrogens with zero attached hydrogens (tertiary/aromatic N) is 2. The minimum Gasteiger partial charge on any atom is -0.497 e. The summed E-state index contributed by atoms with van der Waals surface area (Å²) in [7, 11) is 3.02. The molecule has 0 radical (unpaired) electrons. The van der Waals surface area contributed by atoms with Crippen LogP contribution in [0.1, 0.15) is 15.9 Å². The van der Waals surface area contributed by atoms with Gasteiger partial charge in [0.25, 0.3) is 5.91 Å². The normalized spacial score (nSPS) is 10.5. The number of rotatable bonds is 7. The van der Waals surface area contributed by atoms with Gasteiger partial charge in [0.2, 0.25) is 0 Å². The molecule has 0 bridgehead atoms. The van der Waals surface area contributed by atoms with Crippen LogP contribution < -0.4 is 19.6 Å². The van der Waals surface area contributed by atoms with Crippen molar-refractivity contribution in [1.29, 1.82) is 5.26 Å². The van der Waals surface area contributed by atoms with Gasteiger partial charge in [-0.1, -0.05) is 30.3 Å². The molecule has 0 aliphatic carbocycles. The zero-order valence-corrected chi connectivity index (χ0v) is 16.0. The van der Waals surface area contributed by atoms with Crippen LogP contribution in [0.2, 0.25) is 0 Å². The number of carbonyl (C=O) groups excluding carboxylic acids is 1. The summed E-state index contributed by atoms with van der Waals surface area (Å²) in [5.74, 6) is 1.09. The number of nitriles is 1. The summed E-state index contributed by atoms with van der Waals surface area (Å²) in [4.78, 5) is 12.5. The van der Waals surface area contributed by atoms with Crippen molar-refractivity contribution in [2.24, 2.45) is 5.10 Å². The lowest BCUT2D eigenvalue weighted by atomic mass is 10.0. The fraction of sp³-hybridized carbons (Fsp3) is 0.136. The van der Waals surface area contributed by atoms with Gasteiger partial charge in [-0.05, 0) is 29.0 Å². The summed E-state index contributed by atoms with van der Waals surface area (Å²) in [6.45, 7) is -0.0882. The lowest BCUT2D eigenvalue weighted by molar-refractivity contribution is 0.0954. The molecule has 3 rings (SSSR count). The first-order valence-corrected chi connectivity index (χ1v) is 8.74. The first-order chi connectivity index (χ1) is 14.2. The molecule has 0 fully saturated rings. The number of nitrogens with one attached hydrogen (secondary N) is 1. The van der Waals surface area contributed by atoms with Gasteiger partial charge in [-0.3, -0.25) is 4.79 Å². The summed E-state index contributed by atoms with van der Waals surface area (Å²) in [5.41, 5.74) is 3.51. The molecule has 0 aliphatic rings. The molecule has 0 spiro atoms. The standard InChI is InChI=1S/C22H19N3O4/c1-27-17-11-16(12-18(13-17)28-2)22(26)25-24-14-20-19-6-4-3-5-15(19)7-8-21(20)29-10-9-23/h3-8,11-14H,10H2,1-2H3,(H,25,26). The summed E-state index contributed by atoms with van der Waals surface area (Å²) in [5, 5.41) is 14.8. The first kappa shape index (κ1) is 19.7. The molecule has 7 nitrogen and oxygen atoms in total. The van der Waals surface area contributed by atoms with Crippen LogP contribution in [-0.4, -0.2) is 32.9 Å².